The molecule has 0 saturated heterocycles. The summed E-state index contributed by atoms with van der Waals surface area (Å²) in [5, 5.41) is 6.66. The number of nitrogens with two attached hydrogens (primary N) is 1. The SMILES string of the molecule is CC(NC(=O)C1(N)CCCC1)c1nc(-c2cccc(F)c2)no1.Cl. The van der Waals surface area contributed by atoms with Gasteiger partial charge in [0.1, 0.15) is 11.9 Å². The van der Waals surface area contributed by atoms with Crippen molar-refractivity contribution in [1.82, 2.24) is 15.5 Å². The molecule has 1 aromatic carbocycles. The molecule has 1 saturated carbocycles. The number of amides is 1. The van der Waals surface area contributed by atoms with Crippen LogP contribution in [0.25, 0.3) is 11.4 Å². The van der Waals surface area contributed by atoms with E-state index in [2.05, 4.69) is 15.5 Å². The Balaban J connectivity index is 0.00000208. The van der Waals surface area contributed by atoms with Gasteiger partial charge in [0.25, 0.3) is 0 Å². The van der Waals surface area contributed by atoms with E-state index in [4.69, 9.17) is 10.3 Å². The minimum absolute atomic E-state index is 0. The van der Waals surface area contributed by atoms with Crippen molar-refractivity contribution in [3.8, 4) is 11.4 Å². The number of rotatable bonds is 4. The van der Waals surface area contributed by atoms with Crippen molar-refractivity contribution in [2.75, 3.05) is 0 Å². The summed E-state index contributed by atoms with van der Waals surface area (Å²) in [7, 11) is 0. The van der Waals surface area contributed by atoms with E-state index in [0.29, 0.717) is 18.4 Å². The monoisotopic (exact) mass is 354 g/mol. The van der Waals surface area contributed by atoms with Gasteiger partial charge in [0.05, 0.1) is 5.54 Å². The minimum atomic E-state index is -0.806. The van der Waals surface area contributed by atoms with Gasteiger partial charge in [-0.3, -0.25) is 4.79 Å². The Labute approximate surface area is 145 Å². The fourth-order valence-electron chi connectivity index (χ4n) is 2.79. The Hall–Kier alpha value is -1.99. The Morgan fingerprint density at radius 2 is 2.12 bits per heavy atom. The summed E-state index contributed by atoms with van der Waals surface area (Å²) in [6.45, 7) is 1.75. The zero-order chi connectivity index (χ0) is 16.4. The first kappa shape index (κ1) is 18.4. The first-order chi connectivity index (χ1) is 11.0. The molecule has 1 unspecified atom stereocenters. The molecular weight excluding hydrogens is 335 g/mol. The largest absolute Gasteiger partial charge is 0.343 e. The molecule has 1 heterocycles. The molecule has 0 aliphatic heterocycles. The quantitative estimate of drug-likeness (QED) is 0.880. The van der Waals surface area contributed by atoms with Gasteiger partial charge in [-0.25, -0.2) is 4.39 Å². The average molecular weight is 355 g/mol. The van der Waals surface area contributed by atoms with E-state index in [1.54, 1.807) is 19.1 Å². The summed E-state index contributed by atoms with van der Waals surface area (Å²) < 4.78 is 18.4. The predicted octanol–water partition coefficient (Wildman–Crippen LogP) is 2.75. The molecule has 1 aliphatic carbocycles. The molecule has 0 bridgehead atoms. The van der Waals surface area contributed by atoms with Crippen LogP contribution < -0.4 is 11.1 Å². The normalized spacial score (nSPS) is 17.1. The molecule has 2 aromatic rings. The predicted molar refractivity (Wildman–Crippen MR) is 88.9 cm³/mol. The number of hydrogen-bond acceptors (Lipinski definition) is 5. The molecule has 1 aliphatic rings. The third-order valence-corrected chi connectivity index (χ3v) is 4.19. The van der Waals surface area contributed by atoms with Crippen LogP contribution in [0.2, 0.25) is 0 Å². The van der Waals surface area contributed by atoms with Crippen LogP contribution in [-0.4, -0.2) is 21.6 Å². The second-order valence-corrected chi connectivity index (χ2v) is 6.02. The molecule has 8 heteroatoms. The minimum Gasteiger partial charge on any atom is -0.343 e. The van der Waals surface area contributed by atoms with E-state index in [1.807, 2.05) is 0 Å². The number of nitrogens with zero attached hydrogens (tertiary/aromatic N) is 2. The van der Waals surface area contributed by atoms with Crippen LogP contribution in [-0.2, 0) is 4.79 Å². The molecule has 0 radical (unpaired) electrons. The summed E-state index contributed by atoms with van der Waals surface area (Å²) in [6, 6.07) is 5.47. The van der Waals surface area contributed by atoms with E-state index in [1.165, 1.54) is 12.1 Å². The number of hydrogen-bond donors (Lipinski definition) is 2. The van der Waals surface area contributed by atoms with Gasteiger partial charge < -0.3 is 15.6 Å². The lowest BCUT2D eigenvalue weighted by molar-refractivity contribution is -0.127. The van der Waals surface area contributed by atoms with Crippen molar-refractivity contribution < 1.29 is 13.7 Å². The van der Waals surface area contributed by atoms with Crippen LogP contribution in [0.1, 0.15) is 44.5 Å². The van der Waals surface area contributed by atoms with Gasteiger partial charge in [-0.15, -0.1) is 12.4 Å². The Kier molecular flexibility index (Phi) is 5.56. The van der Waals surface area contributed by atoms with E-state index < -0.39 is 11.6 Å². The maximum atomic E-state index is 13.2. The maximum Gasteiger partial charge on any atom is 0.249 e. The highest BCUT2D eigenvalue weighted by atomic mass is 35.5. The van der Waals surface area contributed by atoms with Crippen LogP contribution in [0.4, 0.5) is 4.39 Å². The number of carbonyl (C=O) groups excluding carboxylic acids is 1. The number of halogens is 2. The lowest BCUT2D eigenvalue weighted by Crippen LogP contribution is -2.52. The number of benzene rings is 1. The van der Waals surface area contributed by atoms with E-state index in [0.717, 1.165) is 12.8 Å². The lowest BCUT2D eigenvalue weighted by atomic mass is 9.98. The Bertz CT molecular complexity index is 716. The average Bonchev–Trinajstić information content (AvgIpc) is 3.17. The topological polar surface area (TPSA) is 94.0 Å². The van der Waals surface area contributed by atoms with Gasteiger partial charge in [0.2, 0.25) is 17.6 Å². The summed E-state index contributed by atoms with van der Waals surface area (Å²) in [5.41, 5.74) is 5.83. The Morgan fingerprint density at radius 3 is 2.79 bits per heavy atom. The zero-order valence-electron chi connectivity index (χ0n) is 13.3. The van der Waals surface area contributed by atoms with Crippen molar-refractivity contribution in [2.24, 2.45) is 5.73 Å². The van der Waals surface area contributed by atoms with Crippen molar-refractivity contribution in [1.29, 1.82) is 0 Å². The zero-order valence-corrected chi connectivity index (χ0v) is 14.1. The molecular formula is C16H20ClFN4O2. The molecule has 1 atom stereocenters. The van der Waals surface area contributed by atoms with E-state index in [9.17, 15) is 9.18 Å². The molecule has 1 aromatic heterocycles. The molecule has 6 nitrogen and oxygen atoms in total. The number of carbonyl (C=O) groups is 1. The maximum absolute atomic E-state index is 13.2. The van der Waals surface area contributed by atoms with Gasteiger partial charge in [0.15, 0.2) is 0 Å². The highest BCUT2D eigenvalue weighted by Gasteiger charge is 2.38. The van der Waals surface area contributed by atoms with Crippen molar-refractivity contribution in [3.63, 3.8) is 0 Å². The second kappa shape index (κ2) is 7.27. The highest BCUT2D eigenvalue weighted by molar-refractivity contribution is 5.86. The molecule has 130 valence electrons. The third kappa shape index (κ3) is 3.73. The van der Waals surface area contributed by atoms with Crippen molar-refractivity contribution >= 4 is 18.3 Å². The van der Waals surface area contributed by atoms with Gasteiger partial charge in [-0.2, -0.15) is 4.98 Å². The van der Waals surface area contributed by atoms with Gasteiger partial charge in [-0.05, 0) is 31.9 Å². The second-order valence-electron chi connectivity index (χ2n) is 6.02. The first-order valence-corrected chi connectivity index (χ1v) is 7.67. The van der Waals surface area contributed by atoms with Crippen LogP contribution in [0, 0.1) is 5.82 Å². The molecule has 3 N–H and O–H groups in total. The lowest BCUT2D eigenvalue weighted by Gasteiger charge is -2.23. The standard InChI is InChI=1S/C16H19FN4O2.ClH/c1-10(19-15(22)16(18)7-2-3-8-16)14-20-13(21-23-14)11-5-4-6-12(17)9-11;/h4-6,9-10H,2-3,7-8,18H2,1H3,(H,19,22);1H. The molecule has 24 heavy (non-hydrogen) atoms. The van der Waals surface area contributed by atoms with Gasteiger partial charge >= 0.3 is 0 Å². The fourth-order valence-corrected chi connectivity index (χ4v) is 2.79. The summed E-state index contributed by atoms with van der Waals surface area (Å²) >= 11 is 0. The fraction of sp³-hybridized carbons (Fsp3) is 0.438. The van der Waals surface area contributed by atoms with Crippen LogP contribution in [0.5, 0.6) is 0 Å². The number of nitrogens with one attached hydrogen (secondary N) is 1. The molecule has 1 fully saturated rings. The van der Waals surface area contributed by atoms with Gasteiger partial charge in [-0.1, -0.05) is 30.1 Å². The van der Waals surface area contributed by atoms with Crippen LogP contribution in [0.15, 0.2) is 28.8 Å². The van der Waals surface area contributed by atoms with E-state index in [-0.39, 0.29) is 35.8 Å². The van der Waals surface area contributed by atoms with E-state index >= 15 is 0 Å². The van der Waals surface area contributed by atoms with Crippen LogP contribution in [0.3, 0.4) is 0 Å². The van der Waals surface area contributed by atoms with Crippen molar-refractivity contribution in [2.45, 2.75) is 44.2 Å². The molecule has 0 spiro atoms. The summed E-state index contributed by atoms with van der Waals surface area (Å²) in [4.78, 5) is 16.5. The number of aromatic nitrogens is 2. The van der Waals surface area contributed by atoms with Gasteiger partial charge in [0, 0.05) is 5.56 Å². The summed E-state index contributed by atoms with van der Waals surface area (Å²) in [5.74, 6) is -0.0300. The summed E-state index contributed by atoms with van der Waals surface area (Å²) in [6.07, 6.45) is 3.29. The molecule has 1 amide bonds. The van der Waals surface area contributed by atoms with Crippen LogP contribution >= 0.6 is 12.4 Å². The third-order valence-electron chi connectivity index (χ3n) is 4.19. The van der Waals surface area contributed by atoms with Crippen molar-refractivity contribution in [3.05, 3.63) is 36.0 Å². The Morgan fingerprint density at radius 1 is 1.42 bits per heavy atom. The highest BCUT2D eigenvalue weighted by Crippen LogP contribution is 2.28. The smallest absolute Gasteiger partial charge is 0.249 e. The first-order valence-electron chi connectivity index (χ1n) is 7.67. The molecule has 3 rings (SSSR count).